The molecule has 1 N–H and O–H groups in total. The Kier molecular flexibility index (Phi) is 16.9. The van der Waals surface area contributed by atoms with Crippen LogP contribution >= 0.6 is 22.9 Å². The van der Waals surface area contributed by atoms with E-state index in [1.807, 2.05) is 77.7 Å². The SMILES string of the molecule is BOC(=O)C1=C(C[N@@+]23CC[C@@H](C2)N(C(=O)c2ccc(OCc4ccc(OC)cc4)c(OCc4ccc(OC)cc4)c2Cl)CC3)C[S+]([O-])[C@@H]2[C@H](NC(=O)/C(=N\OCc3cc(OCc4ccc(OC)cc4)no3)c3csc(C)n3)C(=O)N12. The molecule has 416 valence electrons. The van der Waals surface area contributed by atoms with Crippen molar-refractivity contribution in [2.45, 2.75) is 57.2 Å². The Labute approximate surface area is 473 Å². The number of benzene rings is 4. The van der Waals surface area contributed by atoms with Crippen LogP contribution in [0.25, 0.3) is 0 Å². The molecule has 3 amide bonds. The number of methoxy groups -OCH3 is 3. The van der Waals surface area contributed by atoms with E-state index in [1.165, 1.54) is 30.4 Å². The highest BCUT2D eigenvalue weighted by Crippen LogP contribution is 2.43. The topological polar surface area (TPSA) is 235 Å². The Bertz CT molecular complexity index is 3330. The monoisotopic (exact) mass is 1150 g/mol. The van der Waals surface area contributed by atoms with Gasteiger partial charge in [0.1, 0.15) is 60.8 Å². The van der Waals surface area contributed by atoms with Crippen molar-refractivity contribution in [3.63, 3.8) is 0 Å². The molecule has 2 bridgehead atoms. The van der Waals surface area contributed by atoms with Gasteiger partial charge in [-0.25, -0.2) is 9.78 Å². The van der Waals surface area contributed by atoms with E-state index < -0.39 is 40.4 Å². The molecule has 4 aliphatic heterocycles. The number of piperazine rings is 1. The van der Waals surface area contributed by atoms with Crippen LogP contribution in [0.4, 0.5) is 0 Å². The van der Waals surface area contributed by atoms with Crippen LogP contribution in [0.3, 0.4) is 0 Å². The normalized spacial score (nSPS) is 20.3. The van der Waals surface area contributed by atoms with E-state index in [9.17, 15) is 23.7 Å². The molecule has 25 heteroatoms. The van der Waals surface area contributed by atoms with E-state index in [2.05, 4.69) is 20.6 Å². The number of nitrogens with zero attached hydrogens (tertiary/aromatic N) is 6. The van der Waals surface area contributed by atoms with Gasteiger partial charge in [0.2, 0.25) is 5.37 Å². The summed E-state index contributed by atoms with van der Waals surface area (Å²) in [5, 5.41) is 12.0. The minimum Gasteiger partial charge on any atom is -0.614 e. The van der Waals surface area contributed by atoms with Crippen molar-refractivity contribution in [2.75, 3.05) is 59.8 Å². The number of amides is 3. The number of rotatable bonds is 22. The van der Waals surface area contributed by atoms with Crippen LogP contribution in [0.1, 0.15) is 49.9 Å². The predicted octanol–water partition coefficient (Wildman–Crippen LogP) is 5.28. The van der Waals surface area contributed by atoms with Crippen molar-refractivity contribution < 1.29 is 70.7 Å². The first kappa shape index (κ1) is 55.5. The quantitative estimate of drug-likeness (QED) is 0.0227. The molecule has 1 unspecified atom stereocenters. The Balaban J connectivity index is 0.803. The highest BCUT2D eigenvalue weighted by Gasteiger charge is 2.62. The molecule has 0 radical (unpaired) electrons. The zero-order chi connectivity index (χ0) is 56.1. The summed E-state index contributed by atoms with van der Waals surface area (Å²) in [6.07, 6.45) is 0.641. The van der Waals surface area contributed by atoms with E-state index in [0.29, 0.717) is 70.7 Å². The third-order valence-electron chi connectivity index (χ3n) is 14.4. The fourth-order valence-electron chi connectivity index (χ4n) is 10.2. The molecule has 3 saturated heterocycles. The number of hydrogen-bond donors (Lipinski definition) is 1. The van der Waals surface area contributed by atoms with Crippen molar-refractivity contribution in [3.05, 3.63) is 151 Å². The first-order chi connectivity index (χ1) is 38.8. The van der Waals surface area contributed by atoms with Gasteiger partial charge in [0.05, 0.1) is 74.7 Å². The summed E-state index contributed by atoms with van der Waals surface area (Å²) < 4.78 is 59.5. The molecule has 2 aromatic heterocycles. The molecule has 21 nitrogen and oxygen atoms in total. The van der Waals surface area contributed by atoms with Gasteiger partial charge < -0.3 is 61.7 Å². The molecule has 0 spiro atoms. The largest absolute Gasteiger partial charge is 0.614 e. The van der Waals surface area contributed by atoms with Crippen LogP contribution < -0.4 is 33.7 Å². The van der Waals surface area contributed by atoms with Gasteiger partial charge in [-0.15, -0.1) is 11.3 Å². The van der Waals surface area contributed by atoms with E-state index in [-0.39, 0.29) is 95.8 Å². The Hall–Kier alpha value is -7.77. The van der Waals surface area contributed by atoms with E-state index in [0.717, 1.165) is 16.7 Å². The molecular weight excluding hydrogens is 1090 g/mol. The zero-order valence-electron chi connectivity index (χ0n) is 44.3. The van der Waals surface area contributed by atoms with Gasteiger partial charge in [-0.2, -0.15) is 0 Å². The van der Waals surface area contributed by atoms with Crippen LogP contribution in [-0.2, 0) is 61.5 Å². The Morgan fingerprint density at radius 2 is 1.52 bits per heavy atom. The standard InChI is InChI=1S/C55H55BClN7O14S2/c1-32-58-43(30-79-32)47(61-76-29-41-23-45(60-78-41)74-27-34-7-13-39(71-3)14-8-34)51(65)59-48-53(67)63-49(55(68)77-56)36(31-80(69)54(48)63)24-64-21-19-37(25-64)62(20-22-64)52(66)42-17-18-44(73-26-33-5-11-38(70-2)12-6-33)50(46(42)57)75-28-35-9-15-40(72-4)16-10-35/h5-18,23,30,37,48,54H,19-22,24-29,31,56H2,1-4H3/p+1/b61-47-/t37-,48+,54+,64-,80?/m0/s1. The van der Waals surface area contributed by atoms with E-state index in [1.54, 1.807) is 45.8 Å². The number of thiazole rings is 1. The van der Waals surface area contributed by atoms with Crippen molar-refractivity contribution in [3.8, 4) is 34.6 Å². The maximum Gasteiger partial charge on any atom is 0.337 e. The van der Waals surface area contributed by atoms with E-state index in [4.69, 9.17) is 54.0 Å². The van der Waals surface area contributed by atoms with Crippen molar-refractivity contribution in [2.24, 2.45) is 5.16 Å². The number of aryl methyl sites for hydroxylation is 1. The number of oxime groups is 1. The second-order valence-electron chi connectivity index (χ2n) is 19.4. The molecule has 80 heavy (non-hydrogen) atoms. The van der Waals surface area contributed by atoms with Crippen LogP contribution in [0.15, 0.2) is 117 Å². The lowest BCUT2D eigenvalue weighted by Gasteiger charge is -2.50. The molecular formula is C55H56BClN7O14S2+. The van der Waals surface area contributed by atoms with Gasteiger partial charge in [0.25, 0.3) is 23.6 Å². The maximum absolute atomic E-state index is 14.6. The number of carbonyl (C=O) groups excluding carboxylic acids is 4. The first-order valence-corrected chi connectivity index (χ1v) is 28.1. The molecule has 6 aromatic rings. The van der Waals surface area contributed by atoms with Crippen LogP contribution in [0, 0.1) is 6.92 Å². The molecule has 4 aliphatic rings. The van der Waals surface area contributed by atoms with Gasteiger partial charge in [-0.3, -0.25) is 19.3 Å². The molecule has 4 aromatic carbocycles. The average Bonchev–Trinajstić information content (AvgIpc) is 2.95. The minimum absolute atomic E-state index is 0.00272. The molecule has 10 rings (SSSR count). The number of ether oxygens (including phenoxy) is 6. The Morgan fingerprint density at radius 3 is 2.14 bits per heavy atom. The average molecular weight is 1150 g/mol. The lowest BCUT2D eigenvalue weighted by Crippen LogP contribution is -2.75. The third kappa shape index (κ3) is 11.9. The minimum atomic E-state index is -1.77. The number of nitrogens with one attached hydrogen (secondary N) is 1. The molecule has 6 heterocycles. The summed E-state index contributed by atoms with van der Waals surface area (Å²) in [7, 11) is 6.00. The summed E-state index contributed by atoms with van der Waals surface area (Å²) in [6.45, 7) is 4.39. The van der Waals surface area contributed by atoms with Gasteiger partial charge in [0.15, 0.2) is 35.6 Å². The van der Waals surface area contributed by atoms with Crippen LogP contribution in [0.5, 0.6) is 34.6 Å². The number of hydrogen-bond acceptors (Lipinski definition) is 18. The fourth-order valence-corrected chi connectivity index (χ4v) is 12.8. The summed E-state index contributed by atoms with van der Waals surface area (Å²) in [5.41, 5.74) is 3.29. The number of quaternary nitrogens is 1. The predicted molar refractivity (Wildman–Crippen MR) is 295 cm³/mol. The summed E-state index contributed by atoms with van der Waals surface area (Å²) in [4.78, 5) is 69.5. The van der Waals surface area contributed by atoms with Crippen LogP contribution in [-0.4, -0.2) is 144 Å². The first-order valence-electron chi connectivity index (χ1n) is 25.4. The lowest BCUT2D eigenvalue weighted by molar-refractivity contribution is -0.916. The molecule has 3 fully saturated rings. The van der Waals surface area contributed by atoms with Crippen LogP contribution in [0.2, 0.25) is 5.02 Å². The van der Waals surface area contributed by atoms with E-state index >= 15 is 0 Å². The van der Waals surface area contributed by atoms with Gasteiger partial charge >= 0.3 is 14.0 Å². The summed E-state index contributed by atoms with van der Waals surface area (Å²) in [6, 6.07) is 25.6. The maximum atomic E-state index is 14.6. The number of fused-ring (bicyclic) bond motifs is 3. The van der Waals surface area contributed by atoms with Crippen molar-refractivity contribution >= 4 is 71.6 Å². The smallest absolute Gasteiger partial charge is 0.337 e. The third-order valence-corrected chi connectivity index (χ3v) is 17.2. The summed E-state index contributed by atoms with van der Waals surface area (Å²) in [5.74, 6) is 0.602. The molecule has 0 aliphatic carbocycles. The van der Waals surface area contributed by atoms with Gasteiger partial charge in [0, 0.05) is 17.9 Å². The number of halogens is 1. The second-order valence-corrected chi connectivity index (χ2v) is 22.3. The number of β-lactam (4-membered cyclic amide) rings is 1. The number of carbonyl (C=O) groups is 4. The van der Waals surface area contributed by atoms with Gasteiger partial charge in [-0.1, -0.05) is 53.2 Å². The summed E-state index contributed by atoms with van der Waals surface area (Å²) >= 11 is 6.64. The number of aromatic nitrogens is 2. The zero-order valence-corrected chi connectivity index (χ0v) is 46.7. The van der Waals surface area contributed by atoms with Crippen molar-refractivity contribution in [1.29, 1.82) is 0 Å². The van der Waals surface area contributed by atoms with Gasteiger partial charge in [-0.05, 0) is 88.5 Å². The highest BCUT2D eigenvalue weighted by atomic mass is 35.5. The second kappa shape index (κ2) is 24.3. The lowest BCUT2D eigenvalue weighted by atomic mass is 10.0. The highest BCUT2D eigenvalue weighted by molar-refractivity contribution is 7.92. The molecule has 5 atom stereocenters. The van der Waals surface area contributed by atoms with Crippen molar-refractivity contribution in [1.82, 2.24) is 25.3 Å². The fraction of sp³-hybridized carbons (Fsp3) is 0.327. The Morgan fingerprint density at radius 1 is 0.887 bits per heavy atom. The molecule has 0 saturated carbocycles.